The molecule has 1 fully saturated rings. The topological polar surface area (TPSA) is 41.6 Å². The van der Waals surface area contributed by atoms with E-state index < -0.39 is 0 Å². The van der Waals surface area contributed by atoms with Crippen molar-refractivity contribution in [2.24, 2.45) is 0 Å². The number of carbonyl (C=O) groups excluding carboxylic acids is 1. The monoisotopic (exact) mass is 274 g/mol. The average molecular weight is 274 g/mol. The van der Waals surface area contributed by atoms with Gasteiger partial charge in [-0.05, 0) is 49.6 Å². The summed E-state index contributed by atoms with van der Waals surface area (Å²) >= 11 is 0. The Balaban J connectivity index is 2.15. The third kappa shape index (κ3) is 2.08. The molecule has 2 aliphatic rings. The molecule has 1 atom stereocenters. The summed E-state index contributed by atoms with van der Waals surface area (Å²) in [6, 6.07) is 6.13. The van der Waals surface area contributed by atoms with Crippen LogP contribution in [0.3, 0.4) is 0 Å². The summed E-state index contributed by atoms with van der Waals surface area (Å²) in [4.78, 5) is 13.9. The van der Waals surface area contributed by atoms with Crippen LogP contribution in [0.25, 0.3) is 0 Å². The molecule has 1 N–H and O–H groups in total. The summed E-state index contributed by atoms with van der Waals surface area (Å²) in [5, 5.41) is 3.49. The van der Waals surface area contributed by atoms with Gasteiger partial charge in [0, 0.05) is 31.1 Å². The summed E-state index contributed by atoms with van der Waals surface area (Å²) in [6.07, 6.45) is 3.32. The van der Waals surface area contributed by atoms with Crippen LogP contribution in [0, 0.1) is 0 Å². The molecule has 1 amide bonds. The molecule has 2 heterocycles. The van der Waals surface area contributed by atoms with Crippen LogP contribution >= 0.6 is 0 Å². The molecule has 4 nitrogen and oxygen atoms in total. The van der Waals surface area contributed by atoms with Crippen molar-refractivity contribution in [3.8, 4) is 5.75 Å². The Bertz CT molecular complexity index is 521. The van der Waals surface area contributed by atoms with Gasteiger partial charge in [0.25, 0.3) is 0 Å². The first kappa shape index (κ1) is 13.4. The first-order chi connectivity index (χ1) is 9.66. The largest absolute Gasteiger partial charge is 0.497 e. The van der Waals surface area contributed by atoms with Crippen LogP contribution in [0.4, 0.5) is 5.69 Å². The smallest absolute Gasteiger partial charge is 0.223 e. The Morgan fingerprint density at radius 2 is 2.25 bits per heavy atom. The van der Waals surface area contributed by atoms with Crippen LogP contribution in [0.2, 0.25) is 0 Å². The number of ether oxygens (including phenoxy) is 1. The molecular weight excluding hydrogens is 252 g/mol. The maximum Gasteiger partial charge on any atom is 0.223 e. The molecule has 2 aliphatic heterocycles. The molecule has 108 valence electrons. The van der Waals surface area contributed by atoms with E-state index in [1.54, 1.807) is 14.0 Å². The lowest BCUT2D eigenvalue weighted by atomic mass is 9.76. The van der Waals surface area contributed by atoms with Crippen molar-refractivity contribution in [3.63, 3.8) is 0 Å². The average Bonchev–Trinajstić information content (AvgIpc) is 2.86. The molecule has 0 aromatic heterocycles. The normalized spacial score (nSPS) is 25.4. The standard InChI is InChI=1S/C16H22N2O2/c1-12(19)18-9-3-6-16(7-8-17-11-16)14-10-13(20-2)4-5-15(14)18/h4-5,10,17H,3,6-9,11H2,1-2H3. The summed E-state index contributed by atoms with van der Waals surface area (Å²) in [5.41, 5.74) is 2.50. The molecule has 3 rings (SSSR count). The van der Waals surface area contributed by atoms with E-state index >= 15 is 0 Å². The van der Waals surface area contributed by atoms with Crippen LogP contribution < -0.4 is 15.0 Å². The number of methoxy groups -OCH3 is 1. The highest BCUT2D eigenvalue weighted by atomic mass is 16.5. The van der Waals surface area contributed by atoms with Gasteiger partial charge in [-0.3, -0.25) is 4.79 Å². The molecule has 0 saturated carbocycles. The zero-order valence-electron chi connectivity index (χ0n) is 12.2. The molecule has 1 unspecified atom stereocenters. The fourth-order valence-electron chi connectivity index (χ4n) is 3.65. The van der Waals surface area contributed by atoms with E-state index in [-0.39, 0.29) is 11.3 Å². The van der Waals surface area contributed by atoms with Crippen molar-refractivity contribution in [1.29, 1.82) is 0 Å². The number of fused-ring (bicyclic) bond motifs is 2. The number of anilines is 1. The highest BCUT2D eigenvalue weighted by molar-refractivity contribution is 5.93. The minimum absolute atomic E-state index is 0.124. The number of amides is 1. The fraction of sp³-hybridized carbons (Fsp3) is 0.562. The number of hydrogen-bond acceptors (Lipinski definition) is 3. The molecule has 1 spiro atoms. The van der Waals surface area contributed by atoms with Crippen LogP contribution in [0.1, 0.15) is 31.7 Å². The Morgan fingerprint density at radius 1 is 1.40 bits per heavy atom. The number of nitrogens with zero attached hydrogens (tertiary/aromatic N) is 1. The number of carbonyl (C=O) groups is 1. The molecule has 20 heavy (non-hydrogen) atoms. The predicted molar refractivity (Wildman–Crippen MR) is 79.4 cm³/mol. The number of hydrogen-bond donors (Lipinski definition) is 1. The van der Waals surface area contributed by atoms with Gasteiger partial charge in [-0.25, -0.2) is 0 Å². The van der Waals surface area contributed by atoms with Gasteiger partial charge in [-0.2, -0.15) is 0 Å². The van der Waals surface area contributed by atoms with Gasteiger partial charge in [0.2, 0.25) is 5.91 Å². The van der Waals surface area contributed by atoms with Gasteiger partial charge >= 0.3 is 0 Å². The van der Waals surface area contributed by atoms with E-state index in [0.29, 0.717) is 0 Å². The van der Waals surface area contributed by atoms with E-state index in [9.17, 15) is 4.79 Å². The van der Waals surface area contributed by atoms with E-state index in [1.165, 1.54) is 5.56 Å². The first-order valence-corrected chi connectivity index (χ1v) is 7.34. The van der Waals surface area contributed by atoms with Gasteiger partial charge in [0.1, 0.15) is 5.75 Å². The van der Waals surface area contributed by atoms with Gasteiger partial charge in [-0.1, -0.05) is 0 Å². The molecule has 0 radical (unpaired) electrons. The predicted octanol–water partition coefficient (Wildman–Crippen LogP) is 2.07. The van der Waals surface area contributed by atoms with Crippen LogP contribution in [-0.2, 0) is 10.2 Å². The highest BCUT2D eigenvalue weighted by Crippen LogP contribution is 2.44. The van der Waals surface area contributed by atoms with Gasteiger partial charge in [0.15, 0.2) is 0 Å². The van der Waals surface area contributed by atoms with Gasteiger partial charge < -0.3 is 15.0 Å². The lowest BCUT2D eigenvalue weighted by molar-refractivity contribution is -0.116. The second-order valence-corrected chi connectivity index (χ2v) is 5.86. The second kappa shape index (κ2) is 5.09. The lowest BCUT2D eigenvalue weighted by Crippen LogP contribution is -2.31. The molecule has 4 heteroatoms. The summed E-state index contributed by atoms with van der Waals surface area (Å²) < 4.78 is 5.40. The minimum Gasteiger partial charge on any atom is -0.497 e. The summed E-state index contributed by atoms with van der Waals surface area (Å²) in [7, 11) is 1.70. The third-order valence-electron chi connectivity index (χ3n) is 4.73. The van der Waals surface area contributed by atoms with Crippen LogP contribution in [-0.4, -0.2) is 32.7 Å². The molecule has 1 aromatic carbocycles. The Kier molecular flexibility index (Phi) is 3.42. The summed E-state index contributed by atoms with van der Waals surface area (Å²) in [5.74, 6) is 1.000. The quantitative estimate of drug-likeness (QED) is 0.852. The first-order valence-electron chi connectivity index (χ1n) is 7.34. The van der Waals surface area contributed by atoms with Crippen molar-refractivity contribution < 1.29 is 9.53 Å². The van der Waals surface area contributed by atoms with Crippen LogP contribution in [0.15, 0.2) is 18.2 Å². The molecular formula is C16H22N2O2. The minimum atomic E-state index is 0.124. The van der Waals surface area contributed by atoms with Crippen molar-refractivity contribution in [2.45, 2.75) is 31.6 Å². The second-order valence-electron chi connectivity index (χ2n) is 5.86. The fourth-order valence-corrected chi connectivity index (χ4v) is 3.65. The van der Waals surface area contributed by atoms with Gasteiger partial charge in [0.05, 0.1) is 7.11 Å². The molecule has 1 aromatic rings. The van der Waals surface area contributed by atoms with E-state index in [4.69, 9.17) is 4.74 Å². The van der Waals surface area contributed by atoms with Crippen LogP contribution in [0.5, 0.6) is 5.75 Å². The van der Waals surface area contributed by atoms with Crippen molar-refractivity contribution >= 4 is 11.6 Å². The lowest BCUT2D eigenvalue weighted by Gasteiger charge is -2.30. The summed E-state index contributed by atoms with van der Waals surface area (Å²) in [6.45, 7) is 4.52. The van der Waals surface area contributed by atoms with Crippen molar-refractivity contribution in [3.05, 3.63) is 23.8 Å². The van der Waals surface area contributed by atoms with E-state index in [2.05, 4.69) is 11.4 Å². The SMILES string of the molecule is COc1ccc2c(c1)C1(CCCN2C(C)=O)CCNC1. The number of nitrogens with one attached hydrogen (secondary N) is 1. The molecule has 1 saturated heterocycles. The molecule has 0 bridgehead atoms. The third-order valence-corrected chi connectivity index (χ3v) is 4.73. The Morgan fingerprint density at radius 3 is 2.90 bits per heavy atom. The van der Waals surface area contributed by atoms with Crippen molar-refractivity contribution in [2.75, 3.05) is 31.6 Å². The van der Waals surface area contributed by atoms with E-state index in [0.717, 1.165) is 50.3 Å². The van der Waals surface area contributed by atoms with E-state index in [1.807, 2.05) is 17.0 Å². The maximum atomic E-state index is 12.0. The zero-order chi connectivity index (χ0) is 14.2. The Hall–Kier alpha value is -1.55. The number of rotatable bonds is 1. The zero-order valence-corrected chi connectivity index (χ0v) is 12.2. The number of benzene rings is 1. The van der Waals surface area contributed by atoms with Crippen molar-refractivity contribution in [1.82, 2.24) is 5.32 Å². The highest BCUT2D eigenvalue weighted by Gasteiger charge is 2.40. The van der Waals surface area contributed by atoms with Gasteiger partial charge in [-0.15, -0.1) is 0 Å². The maximum absolute atomic E-state index is 12.0. The Labute approximate surface area is 120 Å². The molecule has 0 aliphatic carbocycles.